The zero-order valence-corrected chi connectivity index (χ0v) is 23.4. The van der Waals surface area contributed by atoms with Crippen LogP contribution < -0.4 is 5.32 Å². The quantitative estimate of drug-likeness (QED) is 0.515. The largest absolute Gasteiger partial charge is 0.347 e. The third-order valence-corrected chi connectivity index (χ3v) is 8.78. The third-order valence-electron chi connectivity index (χ3n) is 7.79. The molecule has 2 saturated heterocycles. The molecule has 1 saturated carbocycles. The van der Waals surface area contributed by atoms with Crippen LogP contribution in [-0.2, 0) is 19.4 Å². The van der Waals surface area contributed by atoms with E-state index in [1.165, 1.54) is 6.08 Å². The van der Waals surface area contributed by atoms with Crippen molar-refractivity contribution >= 4 is 33.3 Å². The van der Waals surface area contributed by atoms with E-state index in [1.807, 2.05) is 23.1 Å². The van der Waals surface area contributed by atoms with Crippen molar-refractivity contribution in [2.24, 2.45) is 5.92 Å². The average Bonchev–Trinajstić information content (AvgIpc) is 3.49. The molecule has 2 heterocycles. The zero-order chi connectivity index (χ0) is 27.7. The maximum Gasteiger partial charge on any atom is 0.258 e. The van der Waals surface area contributed by atoms with E-state index in [2.05, 4.69) is 5.32 Å². The summed E-state index contributed by atoms with van der Waals surface area (Å²) in [5, 5.41) is 4.07. The van der Waals surface area contributed by atoms with Gasteiger partial charge in [0.25, 0.3) is 5.91 Å². The monoisotopic (exact) mass is 571 g/mol. The average molecular weight is 572 g/mol. The van der Waals surface area contributed by atoms with Gasteiger partial charge in [-0.05, 0) is 44.2 Å². The first-order valence-corrected chi connectivity index (χ1v) is 15.4. The second-order valence-corrected chi connectivity index (χ2v) is 13.5. The van der Waals surface area contributed by atoms with Gasteiger partial charge in [-0.2, -0.15) is 0 Å². The lowest BCUT2D eigenvalue weighted by atomic mass is 9.87. The molecule has 4 atom stereocenters. The third kappa shape index (κ3) is 7.12. The van der Waals surface area contributed by atoms with Crippen LogP contribution >= 0.6 is 11.6 Å². The molecule has 1 aromatic carbocycles. The number of nitrogens with zero attached hydrogens (tertiary/aromatic N) is 2. The highest BCUT2D eigenvalue weighted by Gasteiger charge is 2.49. The summed E-state index contributed by atoms with van der Waals surface area (Å²) in [5.74, 6) is -1.59. The Kier molecular flexibility index (Phi) is 8.55. The van der Waals surface area contributed by atoms with Gasteiger partial charge < -0.3 is 10.2 Å². The summed E-state index contributed by atoms with van der Waals surface area (Å²) >= 11 is 6.49. The van der Waals surface area contributed by atoms with Gasteiger partial charge >= 0.3 is 0 Å². The van der Waals surface area contributed by atoms with Crippen LogP contribution in [0.25, 0.3) is 0 Å². The number of hydrogen-bond donors (Lipinski definition) is 1. The number of hydrogen-bond acceptors (Lipinski definition) is 5. The maximum absolute atomic E-state index is 15.8. The number of halogens is 3. The minimum atomic E-state index is -3.37. The number of sulfone groups is 1. The van der Waals surface area contributed by atoms with Crippen LogP contribution in [0.3, 0.4) is 0 Å². The van der Waals surface area contributed by atoms with Gasteiger partial charge in [-0.25, -0.2) is 17.2 Å². The number of nitrogens with one attached hydrogen (secondary N) is 1. The molecule has 1 aliphatic carbocycles. The van der Waals surface area contributed by atoms with Crippen molar-refractivity contribution < 1.29 is 26.8 Å². The number of alkyl halides is 2. The van der Waals surface area contributed by atoms with Crippen molar-refractivity contribution in [3.05, 3.63) is 46.3 Å². The molecule has 2 amide bonds. The van der Waals surface area contributed by atoms with E-state index in [4.69, 9.17) is 11.6 Å². The molecule has 0 spiro atoms. The molecule has 2 aliphatic heterocycles. The van der Waals surface area contributed by atoms with Gasteiger partial charge in [0.05, 0.1) is 5.92 Å². The molecule has 3 aliphatic rings. The summed E-state index contributed by atoms with van der Waals surface area (Å²) in [6.07, 6.45) is 3.51. The van der Waals surface area contributed by atoms with Crippen LogP contribution in [0, 0.1) is 5.92 Å². The molecule has 210 valence electrons. The molecular weight excluding hydrogens is 536 g/mol. The number of benzene rings is 1. The highest BCUT2D eigenvalue weighted by Crippen LogP contribution is 2.44. The zero-order valence-electron chi connectivity index (χ0n) is 21.8. The molecule has 7 nitrogen and oxygen atoms in total. The van der Waals surface area contributed by atoms with Crippen LogP contribution in [-0.4, -0.2) is 86.4 Å². The number of amides is 2. The Morgan fingerprint density at radius 3 is 2.53 bits per heavy atom. The number of rotatable bonds is 8. The van der Waals surface area contributed by atoms with Gasteiger partial charge in [0.1, 0.15) is 5.67 Å². The molecule has 1 N–H and O–H groups in total. The first-order chi connectivity index (χ1) is 17.8. The van der Waals surface area contributed by atoms with Crippen LogP contribution in [0.1, 0.15) is 50.5 Å². The smallest absolute Gasteiger partial charge is 0.258 e. The first-order valence-electron chi connectivity index (χ1n) is 13.1. The fourth-order valence-corrected chi connectivity index (χ4v) is 6.27. The van der Waals surface area contributed by atoms with Gasteiger partial charge in [0.15, 0.2) is 15.5 Å². The van der Waals surface area contributed by atoms with Crippen LogP contribution in [0.15, 0.2) is 35.7 Å². The Morgan fingerprint density at radius 2 is 1.87 bits per heavy atom. The fraction of sp³-hybridized carbons (Fsp3) is 0.630. The minimum absolute atomic E-state index is 0.0414. The molecule has 4 rings (SSSR count). The number of carbonyl (C=O) groups excluding carboxylic acids is 2. The van der Waals surface area contributed by atoms with Gasteiger partial charge in [-0.1, -0.05) is 35.9 Å². The molecule has 1 aromatic rings. The van der Waals surface area contributed by atoms with Gasteiger partial charge in [0, 0.05) is 67.8 Å². The van der Waals surface area contributed by atoms with E-state index in [1.54, 1.807) is 17.9 Å². The second kappa shape index (κ2) is 11.2. The molecular formula is C27H36ClF2N3O4S. The van der Waals surface area contributed by atoms with Crippen LogP contribution in [0.5, 0.6) is 0 Å². The van der Waals surface area contributed by atoms with Gasteiger partial charge in [-0.15, -0.1) is 0 Å². The van der Waals surface area contributed by atoms with Crippen molar-refractivity contribution in [3.63, 3.8) is 0 Å². The summed E-state index contributed by atoms with van der Waals surface area (Å²) in [4.78, 5) is 30.2. The number of carbonyl (C=O) groups is 2. The lowest BCUT2D eigenvalue weighted by Gasteiger charge is -2.28. The van der Waals surface area contributed by atoms with Crippen molar-refractivity contribution in [3.8, 4) is 0 Å². The Bertz CT molecular complexity index is 1190. The summed E-state index contributed by atoms with van der Waals surface area (Å²) < 4.78 is 53.0. The molecule has 11 heteroatoms. The van der Waals surface area contributed by atoms with Crippen molar-refractivity contribution in [2.75, 3.05) is 39.0 Å². The predicted molar refractivity (Wildman–Crippen MR) is 143 cm³/mol. The topological polar surface area (TPSA) is 86.8 Å². The Hall–Kier alpha value is -2.04. The van der Waals surface area contributed by atoms with E-state index >= 15 is 4.39 Å². The van der Waals surface area contributed by atoms with Crippen molar-refractivity contribution in [1.29, 1.82) is 0 Å². The Morgan fingerprint density at radius 1 is 1.16 bits per heavy atom. The standard InChI is InChI=1S/C27H36ClF2N3O4S/c1-19(8-15-38(2,36)37)31-25(35)27(30)9-5-13-33(14-12-27)24(34)22-17-32(18-26(29)10-11-26)16-21(22)20-6-3-4-7-23(20)28/h3-4,6-8,15,19,21-22H,5,9-14,16-18H2,1-2H3,(H,31,35)/b15-8-/t19-,21+,22+,27-/m1/s1. The molecule has 38 heavy (non-hydrogen) atoms. The highest BCUT2D eigenvalue weighted by atomic mass is 35.5. The fourth-order valence-electron chi connectivity index (χ4n) is 5.48. The molecule has 0 unspecified atom stereocenters. The van der Waals surface area contributed by atoms with E-state index < -0.39 is 39.0 Å². The lowest BCUT2D eigenvalue weighted by Crippen LogP contribution is -2.47. The van der Waals surface area contributed by atoms with E-state index in [0.717, 1.165) is 17.2 Å². The van der Waals surface area contributed by atoms with Crippen molar-refractivity contribution in [1.82, 2.24) is 15.1 Å². The van der Waals surface area contributed by atoms with Crippen LogP contribution in [0.4, 0.5) is 8.78 Å². The maximum atomic E-state index is 15.8. The summed E-state index contributed by atoms with van der Waals surface area (Å²) in [6.45, 7) is 3.18. The molecule has 0 radical (unpaired) electrons. The van der Waals surface area contributed by atoms with E-state index in [9.17, 15) is 22.4 Å². The minimum Gasteiger partial charge on any atom is -0.347 e. The molecule has 3 fully saturated rings. The SMILES string of the molecule is C[C@H](/C=C\S(C)(=O)=O)NC(=O)[C@@]1(F)CCCN(C(=O)[C@H]2CN(CC3(F)CC3)C[C@H]2c2ccccc2Cl)CC1. The predicted octanol–water partition coefficient (Wildman–Crippen LogP) is 3.64. The highest BCUT2D eigenvalue weighted by molar-refractivity contribution is 7.93. The van der Waals surface area contributed by atoms with E-state index in [0.29, 0.717) is 43.9 Å². The van der Waals surface area contributed by atoms with Gasteiger partial charge in [0.2, 0.25) is 5.91 Å². The lowest BCUT2D eigenvalue weighted by molar-refractivity contribution is -0.137. The molecule has 0 bridgehead atoms. The summed E-state index contributed by atoms with van der Waals surface area (Å²) in [5.41, 5.74) is -2.50. The normalized spacial score (nSPS) is 28.7. The second-order valence-electron chi connectivity index (χ2n) is 11.1. The van der Waals surface area contributed by atoms with E-state index in [-0.39, 0.29) is 37.8 Å². The summed E-state index contributed by atoms with van der Waals surface area (Å²) in [7, 11) is -3.37. The Labute approximate surface area is 228 Å². The summed E-state index contributed by atoms with van der Waals surface area (Å²) in [6, 6.07) is 6.72. The van der Waals surface area contributed by atoms with Gasteiger partial charge in [-0.3, -0.25) is 14.5 Å². The number of likely N-dealkylation sites (tertiary alicyclic amines) is 2. The Balaban J connectivity index is 1.44. The molecule has 0 aromatic heterocycles. The van der Waals surface area contributed by atoms with Crippen molar-refractivity contribution in [2.45, 2.75) is 62.3 Å². The first kappa shape index (κ1) is 29.0. The van der Waals surface area contributed by atoms with Crippen LogP contribution in [0.2, 0.25) is 5.02 Å².